The van der Waals surface area contributed by atoms with Gasteiger partial charge in [-0.2, -0.15) is 0 Å². The van der Waals surface area contributed by atoms with Crippen LogP contribution in [0.25, 0.3) is 0 Å². The van der Waals surface area contributed by atoms with Crippen LogP contribution in [0, 0.1) is 0 Å². The molecule has 2 saturated heterocycles. The van der Waals surface area contributed by atoms with Crippen molar-refractivity contribution in [2.45, 2.75) is 44.6 Å². The van der Waals surface area contributed by atoms with E-state index in [1.54, 1.807) is 6.26 Å². The number of nitrogens with one attached hydrogen (secondary N) is 2. The molecule has 1 atom stereocenters. The maximum Gasteiger partial charge on any atom is 0.191 e. The van der Waals surface area contributed by atoms with Gasteiger partial charge in [-0.3, -0.25) is 9.89 Å². The lowest BCUT2D eigenvalue weighted by molar-refractivity contribution is 0.146. The molecule has 1 aromatic heterocycles. The van der Waals surface area contributed by atoms with Crippen LogP contribution in [-0.4, -0.2) is 68.6 Å². The van der Waals surface area contributed by atoms with E-state index in [4.69, 9.17) is 4.42 Å². The van der Waals surface area contributed by atoms with Crippen LogP contribution in [0.2, 0.25) is 0 Å². The summed E-state index contributed by atoms with van der Waals surface area (Å²) in [5.41, 5.74) is 0. The van der Waals surface area contributed by atoms with Crippen LogP contribution in [0.15, 0.2) is 27.8 Å². The maximum atomic E-state index is 5.72. The van der Waals surface area contributed by atoms with Crippen LogP contribution in [0.4, 0.5) is 0 Å². The number of rotatable bonds is 8. The molecular formula is C20H35N5O. The molecule has 2 aliphatic heterocycles. The van der Waals surface area contributed by atoms with E-state index in [0.29, 0.717) is 0 Å². The molecule has 2 aliphatic rings. The zero-order chi connectivity index (χ0) is 18.0. The molecule has 0 saturated carbocycles. The van der Waals surface area contributed by atoms with Crippen LogP contribution < -0.4 is 10.6 Å². The Morgan fingerprint density at radius 2 is 1.88 bits per heavy atom. The van der Waals surface area contributed by atoms with Gasteiger partial charge in [0, 0.05) is 20.1 Å². The van der Waals surface area contributed by atoms with Crippen molar-refractivity contribution >= 4 is 5.96 Å². The van der Waals surface area contributed by atoms with Gasteiger partial charge >= 0.3 is 0 Å². The molecule has 0 bridgehead atoms. The number of aliphatic imine (C=N–C) groups is 1. The third kappa shape index (κ3) is 5.74. The van der Waals surface area contributed by atoms with Gasteiger partial charge in [-0.1, -0.05) is 6.42 Å². The molecule has 3 rings (SSSR count). The van der Waals surface area contributed by atoms with E-state index in [-0.39, 0.29) is 6.04 Å². The number of piperidine rings is 1. The van der Waals surface area contributed by atoms with Gasteiger partial charge in [-0.05, 0) is 77.0 Å². The minimum absolute atomic E-state index is 0.272. The van der Waals surface area contributed by atoms with Gasteiger partial charge in [0.15, 0.2) is 5.96 Å². The summed E-state index contributed by atoms with van der Waals surface area (Å²) in [6.45, 7) is 7.81. The van der Waals surface area contributed by atoms with E-state index >= 15 is 0 Å². The second-order valence-electron chi connectivity index (χ2n) is 7.41. The fourth-order valence-electron chi connectivity index (χ4n) is 4.05. The number of hydrogen-bond donors (Lipinski definition) is 2. The maximum absolute atomic E-state index is 5.72. The highest BCUT2D eigenvalue weighted by molar-refractivity contribution is 5.79. The minimum atomic E-state index is 0.272. The first-order valence-corrected chi connectivity index (χ1v) is 10.3. The summed E-state index contributed by atoms with van der Waals surface area (Å²) >= 11 is 0. The summed E-state index contributed by atoms with van der Waals surface area (Å²) in [5, 5.41) is 6.97. The van der Waals surface area contributed by atoms with Gasteiger partial charge < -0.3 is 20.0 Å². The van der Waals surface area contributed by atoms with Crippen LogP contribution in [-0.2, 0) is 0 Å². The third-order valence-corrected chi connectivity index (χ3v) is 5.53. The molecule has 0 amide bonds. The van der Waals surface area contributed by atoms with Gasteiger partial charge in [0.25, 0.3) is 0 Å². The summed E-state index contributed by atoms with van der Waals surface area (Å²) in [6.07, 6.45) is 9.56. The van der Waals surface area contributed by atoms with Crippen molar-refractivity contribution in [2.75, 3.05) is 52.9 Å². The molecule has 0 radical (unpaired) electrons. The quantitative estimate of drug-likeness (QED) is 0.423. The second kappa shape index (κ2) is 10.6. The van der Waals surface area contributed by atoms with Crippen LogP contribution >= 0.6 is 0 Å². The van der Waals surface area contributed by atoms with Crippen LogP contribution in [0.5, 0.6) is 0 Å². The van der Waals surface area contributed by atoms with E-state index in [0.717, 1.165) is 44.3 Å². The number of guanidine groups is 1. The summed E-state index contributed by atoms with van der Waals surface area (Å²) < 4.78 is 5.72. The highest BCUT2D eigenvalue weighted by atomic mass is 16.3. The molecule has 1 unspecified atom stereocenters. The SMILES string of the molecule is CN=C(NCCCN1CCCC1)NCC(c1ccco1)N1CCCCC1. The van der Waals surface area contributed by atoms with Gasteiger partial charge in [0.2, 0.25) is 0 Å². The van der Waals surface area contributed by atoms with Crippen molar-refractivity contribution in [3.05, 3.63) is 24.2 Å². The Morgan fingerprint density at radius 3 is 2.58 bits per heavy atom. The fourth-order valence-corrected chi connectivity index (χ4v) is 4.05. The summed E-state index contributed by atoms with van der Waals surface area (Å²) in [6, 6.07) is 4.35. The van der Waals surface area contributed by atoms with Crippen molar-refractivity contribution < 1.29 is 4.42 Å². The zero-order valence-electron chi connectivity index (χ0n) is 16.3. The monoisotopic (exact) mass is 361 g/mol. The van der Waals surface area contributed by atoms with Crippen molar-refractivity contribution in [1.82, 2.24) is 20.4 Å². The molecule has 1 aromatic rings. The first kappa shape index (κ1) is 19.2. The van der Waals surface area contributed by atoms with Gasteiger partial charge in [-0.15, -0.1) is 0 Å². The highest BCUT2D eigenvalue weighted by Crippen LogP contribution is 2.24. The van der Waals surface area contributed by atoms with Gasteiger partial charge in [-0.25, -0.2) is 0 Å². The first-order valence-electron chi connectivity index (χ1n) is 10.3. The van der Waals surface area contributed by atoms with E-state index in [9.17, 15) is 0 Å². The second-order valence-corrected chi connectivity index (χ2v) is 7.41. The summed E-state index contributed by atoms with van der Waals surface area (Å²) in [4.78, 5) is 9.48. The zero-order valence-corrected chi connectivity index (χ0v) is 16.3. The number of likely N-dealkylation sites (tertiary alicyclic amines) is 2. The molecule has 6 heteroatoms. The molecule has 2 fully saturated rings. The van der Waals surface area contributed by atoms with Crippen molar-refractivity contribution in [3.8, 4) is 0 Å². The smallest absolute Gasteiger partial charge is 0.191 e. The number of furan rings is 1. The van der Waals surface area contributed by atoms with Crippen molar-refractivity contribution in [3.63, 3.8) is 0 Å². The molecule has 2 N–H and O–H groups in total. The molecule has 3 heterocycles. The average Bonchev–Trinajstić information content (AvgIpc) is 3.38. The van der Waals surface area contributed by atoms with E-state index in [1.807, 2.05) is 13.1 Å². The van der Waals surface area contributed by atoms with E-state index < -0.39 is 0 Å². The largest absolute Gasteiger partial charge is 0.468 e. The molecule has 0 spiro atoms. The fraction of sp³-hybridized carbons (Fsp3) is 0.750. The van der Waals surface area contributed by atoms with E-state index in [1.165, 1.54) is 51.7 Å². The standard InChI is InChI=1S/C20H35N5O/c1-21-20(22-10-8-13-24-11-5-6-12-24)23-17-18(19-9-7-16-26-19)25-14-3-2-4-15-25/h7,9,16,18H,2-6,8,10-15,17H2,1H3,(H2,21,22,23). The van der Waals surface area contributed by atoms with Crippen LogP contribution in [0.1, 0.15) is 50.3 Å². The lowest BCUT2D eigenvalue weighted by Gasteiger charge is -2.33. The Hall–Kier alpha value is -1.53. The molecule has 0 aliphatic carbocycles. The van der Waals surface area contributed by atoms with E-state index in [2.05, 4.69) is 31.5 Å². The lowest BCUT2D eigenvalue weighted by Crippen LogP contribution is -2.44. The number of hydrogen-bond acceptors (Lipinski definition) is 4. The average molecular weight is 362 g/mol. The predicted molar refractivity (Wildman–Crippen MR) is 107 cm³/mol. The Bertz CT molecular complexity index is 518. The minimum Gasteiger partial charge on any atom is -0.468 e. The number of nitrogens with zero attached hydrogens (tertiary/aromatic N) is 3. The highest BCUT2D eigenvalue weighted by Gasteiger charge is 2.24. The Labute approximate surface area is 158 Å². The molecule has 6 nitrogen and oxygen atoms in total. The molecule has 146 valence electrons. The van der Waals surface area contributed by atoms with Crippen molar-refractivity contribution in [1.29, 1.82) is 0 Å². The molecular weight excluding hydrogens is 326 g/mol. The third-order valence-electron chi connectivity index (χ3n) is 5.53. The first-order chi connectivity index (χ1) is 12.9. The Morgan fingerprint density at radius 1 is 1.12 bits per heavy atom. The summed E-state index contributed by atoms with van der Waals surface area (Å²) in [7, 11) is 1.85. The van der Waals surface area contributed by atoms with Gasteiger partial charge in [0.05, 0.1) is 12.3 Å². The Balaban J connectivity index is 1.43. The lowest BCUT2D eigenvalue weighted by atomic mass is 10.1. The normalized spacial score (nSPS) is 21.0. The predicted octanol–water partition coefficient (Wildman–Crippen LogP) is 2.46. The van der Waals surface area contributed by atoms with Crippen molar-refractivity contribution in [2.24, 2.45) is 4.99 Å². The Kier molecular flexibility index (Phi) is 7.83. The molecule has 26 heavy (non-hydrogen) atoms. The van der Waals surface area contributed by atoms with Gasteiger partial charge in [0.1, 0.15) is 5.76 Å². The van der Waals surface area contributed by atoms with Crippen LogP contribution in [0.3, 0.4) is 0 Å². The molecule has 0 aromatic carbocycles. The summed E-state index contributed by atoms with van der Waals surface area (Å²) in [5.74, 6) is 1.93. The topological polar surface area (TPSA) is 56.0 Å².